The molecule has 0 atom stereocenters. The van der Waals surface area contributed by atoms with Gasteiger partial charge in [0.25, 0.3) is 0 Å². The van der Waals surface area contributed by atoms with Gasteiger partial charge in [0.2, 0.25) is 0 Å². The van der Waals surface area contributed by atoms with Gasteiger partial charge < -0.3 is 14.0 Å². The van der Waals surface area contributed by atoms with E-state index in [0.717, 1.165) is 27.7 Å². The molecule has 0 amide bonds. The molecule has 5 heteroatoms. The Kier molecular flexibility index (Phi) is 5.60. The van der Waals surface area contributed by atoms with Gasteiger partial charge in [-0.15, -0.1) is 0 Å². The fourth-order valence-electron chi connectivity index (χ4n) is 4.40. The summed E-state index contributed by atoms with van der Waals surface area (Å²) in [6.45, 7) is 3.94. The van der Waals surface area contributed by atoms with Crippen molar-refractivity contribution in [3.8, 4) is 11.4 Å². The molecule has 0 bridgehead atoms. The zero-order valence-corrected chi connectivity index (χ0v) is 18.9. The lowest BCUT2D eigenvalue weighted by Crippen LogP contribution is -2.09. The van der Waals surface area contributed by atoms with Crippen molar-refractivity contribution < 1.29 is 19.1 Å². The lowest BCUT2D eigenvalue weighted by Gasteiger charge is -2.09. The molecule has 0 aliphatic carbocycles. The summed E-state index contributed by atoms with van der Waals surface area (Å²) in [7, 11) is 0. The Bertz CT molecular complexity index is 1530. The first-order valence-corrected chi connectivity index (χ1v) is 11.2. The van der Waals surface area contributed by atoms with Gasteiger partial charge in [-0.25, -0.2) is 9.59 Å². The molecular formula is C29H23NO4. The van der Waals surface area contributed by atoms with Crippen LogP contribution >= 0.6 is 0 Å². The second-order valence-corrected chi connectivity index (χ2v) is 7.95. The fourth-order valence-corrected chi connectivity index (χ4v) is 4.40. The maximum atomic E-state index is 13.1. The predicted octanol–water partition coefficient (Wildman–Crippen LogP) is 6.49. The molecule has 0 radical (unpaired) electrons. The monoisotopic (exact) mass is 449 g/mol. The summed E-state index contributed by atoms with van der Waals surface area (Å²) < 4.78 is 13.1. The van der Waals surface area contributed by atoms with E-state index >= 15 is 0 Å². The molecule has 0 saturated heterocycles. The highest BCUT2D eigenvalue weighted by atomic mass is 16.5. The highest BCUT2D eigenvalue weighted by Crippen LogP contribution is 2.33. The van der Waals surface area contributed by atoms with Crippen LogP contribution in [0.4, 0.5) is 0 Å². The Morgan fingerprint density at radius 3 is 2.32 bits per heavy atom. The topological polar surface area (TPSA) is 57.5 Å². The van der Waals surface area contributed by atoms with Crippen LogP contribution in [0, 0.1) is 6.92 Å². The molecule has 5 aromatic rings. The van der Waals surface area contributed by atoms with Crippen molar-refractivity contribution in [2.45, 2.75) is 13.8 Å². The highest BCUT2D eigenvalue weighted by Gasteiger charge is 2.23. The summed E-state index contributed by atoms with van der Waals surface area (Å²) in [4.78, 5) is 25.9. The second-order valence-electron chi connectivity index (χ2n) is 7.95. The number of hydrogen-bond acceptors (Lipinski definition) is 4. The van der Waals surface area contributed by atoms with Gasteiger partial charge in [-0.1, -0.05) is 54.6 Å². The molecule has 0 aliphatic rings. The zero-order chi connectivity index (χ0) is 23.7. The molecule has 0 N–H and O–H groups in total. The highest BCUT2D eigenvalue weighted by molar-refractivity contribution is 6.08. The van der Waals surface area contributed by atoms with Gasteiger partial charge in [-0.2, -0.15) is 0 Å². The lowest BCUT2D eigenvalue weighted by molar-refractivity contribution is 0.0527. The van der Waals surface area contributed by atoms with Crippen LogP contribution in [-0.4, -0.2) is 23.1 Å². The van der Waals surface area contributed by atoms with Crippen LogP contribution in [0.25, 0.3) is 27.4 Å². The first kappa shape index (κ1) is 21.5. The van der Waals surface area contributed by atoms with Gasteiger partial charge in [-0.05, 0) is 61.0 Å². The summed E-state index contributed by atoms with van der Waals surface area (Å²) >= 11 is 0. The van der Waals surface area contributed by atoms with Crippen molar-refractivity contribution in [1.29, 1.82) is 0 Å². The van der Waals surface area contributed by atoms with E-state index in [2.05, 4.69) is 0 Å². The molecule has 5 rings (SSSR count). The van der Waals surface area contributed by atoms with Gasteiger partial charge in [0.15, 0.2) is 0 Å². The Balaban J connectivity index is 1.60. The largest absolute Gasteiger partial charge is 0.462 e. The molecule has 0 fully saturated rings. The molecule has 0 unspecified atom stereocenters. The number of hydrogen-bond donors (Lipinski definition) is 0. The number of nitrogens with zero attached hydrogens (tertiary/aromatic N) is 1. The number of fused-ring (bicyclic) bond motifs is 2. The first-order valence-electron chi connectivity index (χ1n) is 11.2. The standard InChI is InChI=1S/C29H23NO4/c1-3-33-29(32)27-19(2)30(21-12-5-4-6-13-21)26-17-16-22(18-25(26)27)34-28(31)24-15-9-11-20-10-7-8-14-23(20)24/h4-18H,3H2,1-2H3. The van der Waals surface area contributed by atoms with E-state index in [4.69, 9.17) is 9.47 Å². The molecule has 0 saturated carbocycles. The van der Waals surface area contributed by atoms with Gasteiger partial charge in [0, 0.05) is 16.8 Å². The summed E-state index contributed by atoms with van der Waals surface area (Å²) in [6.07, 6.45) is 0. The minimum absolute atomic E-state index is 0.270. The summed E-state index contributed by atoms with van der Waals surface area (Å²) in [5.41, 5.74) is 3.47. The third kappa shape index (κ3) is 3.71. The molecule has 1 aromatic heterocycles. The van der Waals surface area contributed by atoms with Gasteiger partial charge in [0.05, 0.1) is 23.3 Å². The SMILES string of the molecule is CCOC(=O)c1c(C)n(-c2ccccc2)c2ccc(OC(=O)c3cccc4ccccc34)cc12. The van der Waals surface area contributed by atoms with Crippen LogP contribution in [0.3, 0.4) is 0 Å². The van der Waals surface area contributed by atoms with E-state index in [1.165, 1.54) is 0 Å². The Hall–Kier alpha value is -4.38. The van der Waals surface area contributed by atoms with E-state index in [9.17, 15) is 9.59 Å². The molecule has 168 valence electrons. The number of para-hydroxylation sites is 1. The predicted molar refractivity (Wildman–Crippen MR) is 133 cm³/mol. The number of carbonyl (C=O) groups excluding carboxylic acids is 2. The van der Waals surface area contributed by atoms with E-state index in [-0.39, 0.29) is 6.61 Å². The van der Waals surface area contributed by atoms with Crippen molar-refractivity contribution in [3.63, 3.8) is 0 Å². The number of ether oxygens (including phenoxy) is 2. The number of aromatic nitrogens is 1. The van der Waals surface area contributed by atoms with E-state index in [0.29, 0.717) is 22.3 Å². The summed E-state index contributed by atoms with van der Waals surface area (Å²) in [6, 6.07) is 28.4. The van der Waals surface area contributed by atoms with E-state index < -0.39 is 11.9 Å². The van der Waals surface area contributed by atoms with Crippen LogP contribution in [0.5, 0.6) is 5.75 Å². The van der Waals surface area contributed by atoms with Crippen LogP contribution in [-0.2, 0) is 4.74 Å². The number of esters is 2. The van der Waals surface area contributed by atoms with Crippen molar-refractivity contribution >= 4 is 33.6 Å². The third-order valence-corrected chi connectivity index (χ3v) is 5.89. The van der Waals surface area contributed by atoms with Crippen molar-refractivity contribution in [2.75, 3.05) is 6.61 Å². The number of carbonyl (C=O) groups is 2. The van der Waals surface area contributed by atoms with E-state index in [1.54, 1.807) is 25.1 Å². The fraction of sp³-hybridized carbons (Fsp3) is 0.103. The Labute approximate surface area is 197 Å². The molecule has 1 heterocycles. The van der Waals surface area contributed by atoms with Crippen molar-refractivity contribution in [1.82, 2.24) is 4.57 Å². The summed E-state index contributed by atoms with van der Waals surface area (Å²) in [5.74, 6) is -0.494. The number of rotatable bonds is 5. The normalized spacial score (nSPS) is 11.0. The Morgan fingerprint density at radius 2 is 1.53 bits per heavy atom. The Morgan fingerprint density at radius 1 is 0.794 bits per heavy atom. The average Bonchev–Trinajstić information content (AvgIpc) is 3.15. The van der Waals surface area contributed by atoms with Crippen LogP contribution in [0.2, 0.25) is 0 Å². The smallest absolute Gasteiger partial charge is 0.344 e. The van der Waals surface area contributed by atoms with Crippen LogP contribution in [0.1, 0.15) is 33.3 Å². The van der Waals surface area contributed by atoms with Gasteiger partial charge in [-0.3, -0.25) is 0 Å². The van der Waals surface area contributed by atoms with Gasteiger partial charge in [0.1, 0.15) is 5.75 Å². The third-order valence-electron chi connectivity index (χ3n) is 5.89. The average molecular weight is 450 g/mol. The van der Waals surface area contributed by atoms with E-state index in [1.807, 2.05) is 84.3 Å². The zero-order valence-electron chi connectivity index (χ0n) is 18.9. The molecule has 0 spiro atoms. The van der Waals surface area contributed by atoms with Gasteiger partial charge >= 0.3 is 11.9 Å². The summed E-state index contributed by atoms with van der Waals surface area (Å²) in [5, 5.41) is 2.46. The van der Waals surface area contributed by atoms with Crippen molar-refractivity contribution in [3.05, 3.63) is 108 Å². The van der Waals surface area contributed by atoms with Crippen LogP contribution in [0.15, 0.2) is 91.0 Å². The van der Waals surface area contributed by atoms with Crippen LogP contribution < -0.4 is 4.74 Å². The second kappa shape index (κ2) is 8.87. The molecule has 4 aromatic carbocycles. The molecular weight excluding hydrogens is 426 g/mol. The lowest BCUT2D eigenvalue weighted by atomic mass is 10.0. The maximum Gasteiger partial charge on any atom is 0.344 e. The minimum atomic E-state index is -0.451. The first-order chi connectivity index (χ1) is 16.6. The quantitative estimate of drug-likeness (QED) is 0.227. The maximum absolute atomic E-state index is 13.1. The minimum Gasteiger partial charge on any atom is -0.462 e. The van der Waals surface area contributed by atoms with Crippen molar-refractivity contribution in [2.24, 2.45) is 0 Å². The molecule has 0 aliphatic heterocycles. The molecule has 34 heavy (non-hydrogen) atoms. The number of benzene rings is 4. The molecule has 5 nitrogen and oxygen atoms in total.